The van der Waals surface area contributed by atoms with Crippen LogP contribution in [-0.2, 0) is 4.79 Å². The molecule has 4 rings (SSSR count). The van der Waals surface area contributed by atoms with Crippen molar-refractivity contribution in [2.45, 2.75) is 11.8 Å². The van der Waals surface area contributed by atoms with E-state index in [1.54, 1.807) is 29.9 Å². The van der Waals surface area contributed by atoms with Crippen molar-refractivity contribution in [3.63, 3.8) is 0 Å². The number of hydrogen-bond acceptors (Lipinski definition) is 6. The summed E-state index contributed by atoms with van der Waals surface area (Å²) >= 11 is 2.61. The lowest BCUT2D eigenvalue weighted by Gasteiger charge is -2.13. The second kappa shape index (κ2) is 9.71. The number of amides is 1. The van der Waals surface area contributed by atoms with Gasteiger partial charge in [0.1, 0.15) is 5.75 Å². The van der Waals surface area contributed by atoms with Gasteiger partial charge in [0.25, 0.3) is 0 Å². The second-order valence-electron chi connectivity index (χ2n) is 6.17. The number of nitrogens with one attached hydrogen (secondary N) is 1. The monoisotopic (exact) mass is 458 g/mol. The zero-order chi connectivity index (χ0) is 21.6. The molecule has 0 saturated heterocycles. The number of halogens is 2. The van der Waals surface area contributed by atoms with Crippen LogP contribution in [0.25, 0.3) is 16.9 Å². The topological polar surface area (TPSA) is 69.0 Å². The van der Waals surface area contributed by atoms with Crippen LogP contribution in [-0.4, -0.2) is 32.8 Å². The van der Waals surface area contributed by atoms with E-state index in [0.29, 0.717) is 16.0 Å². The van der Waals surface area contributed by atoms with Gasteiger partial charge in [-0.1, -0.05) is 42.1 Å². The summed E-state index contributed by atoms with van der Waals surface area (Å²) in [4.78, 5) is 20.8. The number of anilines is 1. The molecule has 0 aliphatic rings. The number of nitrogens with zero attached hydrogens (tertiary/aromatic N) is 3. The Labute approximate surface area is 184 Å². The van der Waals surface area contributed by atoms with E-state index in [-0.39, 0.29) is 17.4 Å². The lowest BCUT2D eigenvalue weighted by atomic mass is 10.1. The third kappa shape index (κ3) is 5.28. The summed E-state index contributed by atoms with van der Waals surface area (Å²) in [6.07, 6.45) is 3.34. The molecule has 10 heteroatoms. The molecule has 2 aromatic heterocycles. The fraction of sp³-hybridized carbons (Fsp3) is 0.0952. The third-order valence-electron chi connectivity index (χ3n) is 4.13. The van der Waals surface area contributed by atoms with E-state index < -0.39 is 6.61 Å². The number of benzene rings is 2. The highest BCUT2D eigenvalue weighted by Crippen LogP contribution is 2.31. The van der Waals surface area contributed by atoms with Crippen LogP contribution >= 0.6 is 23.1 Å². The number of carbonyl (C=O) groups excluding carboxylic acids is 1. The lowest BCUT2D eigenvalue weighted by molar-refractivity contribution is -0.113. The van der Waals surface area contributed by atoms with Crippen molar-refractivity contribution in [1.29, 1.82) is 0 Å². The van der Waals surface area contributed by atoms with E-state index in [1.807, 2.05) is 34.9 Å². The van der Waals surface area contributed by atoms with E-state index in [2.05, 4.69) is 20.0 Å². The van der Waals surface area contributed by atoms with Crippen molar-refractivity contribution in [3.8, 4) is 22.7 Å². The Bertz CT molecular complexity index is 1130. The van der Waals surface area contributed by atoms with Gasteiger partial charge in [0.2, 0.25) is 5.91 Å². The van der Waals surface area contributed by atoms with Gasteiger partial charge in [-0.25, -0.2) is 9.97 Å². The van der Waals surface area contributed by atoms with E-state index in [9.17, 15) is 13.6 Å². The van der Waals surface area contributed by atoms with Crippen molar-refractivity contribution < 1.29 is 18.3 Å². The number of alkyl halides is 2. The normalized spacial score (nSPS) is 10.9. The Morgan fingerprint density at radius 2 is 1.90 bits per heavy atom. The molecule has 31 heavy (non-hydrogen) atoms. The Morgan fingerprint density at radius 1 is 1.13 bits per heavy atom. The maximum atomic E-state index is 12.5. The molecule has 0 bridgehead atoms. The second-order valence-corrected chi connectivity index (χ2v) is 8.01. The Balaban J connectivity index is 1.61. The molecule has 4 aromatic rings. The fourth-order valence-electron chi connectivity index (χ4n) is 2.85. The quantitative estimate of drug-likeness (QED) is 0.362. The Kier molecular flexibility index (Phi) is 6.58. The minimum Gasteiger partial charge on any atom is -0.435 e. The summed E-state index contributed by atoms with van der Waals surface area (Å²) in [5.41, 5.74) is 2.45. The number of thiazole rings is 1. The standard InChI is InChI=1S/C21H16F2N4O2S2/c22-19(23)29-16-8-6-15(7-9-16)27-17(14-4-2-1-3-5-14)12-25-21(27)31-13-18(28)26-20-24-10-11-30-20/h1-12,19H,13H2,(H,24,26,28). The van der Waals surface area contributed by atoms with E-state index >= 15 is 0 Å². The molecule has 0 aliphatic carbocycles. The average Bonchev–Trinajstić information content (AvgIpc) is 3.43. The molecule has 0 unspecified atom stereocenters. The molecular weight excluding hydrogens is 442 g/mol. The zero-order valence-electron chi connectivity index (χ0n) is 15.9. The van der Waals surface area contributed by atoms with E-state index in [4.69, 9.17) is 0 Å². The van der Waals surface area contributed by atoms with Gasteiger partial charge < -0.3 is 10.1 Å². The smallest absolute Gasteiger partial charge is 0.387 e. The minimum absolute atomic E-state index is 0.0668. The maximum Gasteiger partial charge on any atom is 0.387 e. The molecule has 2 heterocycles. The van der Waals surface area contributed by atoms with Gasteiger partial charge in [0.05, 0.1) is 17.6 Å². The van der Waals surface area contributed by atoms with Crippen LogP contribution in [0.1, 0.15) is 0 Å². The molecule has 0 radical (unpaired) electrons. The number of rotatable bonds is 8. The van der Waals surface area contributed by atoms with Gasteiger partial charge in [-0.2, -0.15) is 8.78 Å². The molecular formula is C21H16F2N4O2S2. The summed E-state index contributed by atoms with van der Waals surface area (Å²) < 4.78 is 31.3. The van der Waals surface area contributed by atoms with Crippen LogP contribution in [0.15, 0.2) is 77.5 Å². The molecule has 1 amide bonds. The van der Waals surface area contributed by atoms with Crippen molar-refractivity contribution >= 4 is 34.1 Å². The van der Waals surface area contributed by atoms with Gasteiger partial charge in [-0.3, -0.25) is 9.36 Å². The van der Waals surface area contributed by atoms with E-state index in [0.717, 1.165) is 11.3 Å². The molecule has 0 saturated carbocycles. The van der Waals surface area contributed by atoms with Crippen LogP contribution in [0, 0.1) is 0 Å². The van der Waals surface area contributed by atoms with Gasteiger partial charge in [-0.15, -0.1) is 11.3 Å². The van der Waals surface area contributed by atoms with Crippen LogP contribution in [0.5, 0.6) is 5.75 Å². The van der Waals surface area contributed by atoms with Crippen LogP contribution in [0.4, 0.5) is 13.9 Å². The van der Waals surface area contributed by atoms with Crippen molar-refractivity contribution in [2.24, 2.45) is 0 Å². The third-order valence-corrected chi connectivity index (χ3v) is 5.77. The van der Waals surface area contributed by atoms with Gasteiger partial charge in [0, 0.05) is 22.8 Å². The van der Waals surface area contributed by atoms with Gasteiger partial charge in [0.15, 0.2) is 10.3 Å². The molecule has 0 atom stereocenters. The molecule has 0 fully saturated rings. The summed E-state index contributed by atoms with van der Waals surface area (Å²) in [6.45, 7) is -2.89. The predicted molar refractivity (Wildman–Crippen MR) is 117 cm³/mol. The van der Waals surface area contributed by atoms with Crippen molar-refractivity contribution in [1.82, 2.24) is 14.5 Å². The van der Waals surface area contributed by atoms with Crippen LogP contribution in [0.2, 0.25) is 0 Å². The summed E-state index contributed by atoms with van der Waals surface area (Å²) in [5, 5.41) is 5.65. The first-order chi connectivity index (χ1) is 15.1. The highest BCUT2D eigenvalue weighted by Gasteiger charge is 2.16. The first-order valence-electron chi connectivity index (χ1n) is 9.11. The minimum atomic E-state index is -2.89. The van der Waals surface area contributed by atoms with Crippen molar-refractivity contribution in [3.05, 3.63) is 72.4 Å². The molecule has 158 valence electrons. The van der Waals surface area contributed by atoms with Gasteiger partial charge >= 0.3 is 6.61 Å². The molecule has 1 N–H and O–H groups in total. The highest BCUT2D eigenvalue weighted by molar-refractivity contribution is 7.99. The van der Waals surface area contributed by atoms with Crippen LogP contribution in [0.3, 0.4) is 0 Å². The largest absolute Gasteiger partial charge is 0.435 e. The molecule has 0 spiro atoms. The highest BCUT2D eigenvalue weighted by atomic mass is 32.2. The molecule has 0 aliphatic heterocycles. The lowest BCUT2D eigenvalue weighted by Crippen LogP contribution is -2.14. The summed E-state index contributed by atoms with van der Waals surface area (Å²) in [5.74, 6) is 0.00538. The number of aromatic nitrogens is 3. The summed E-state index contributed by atoms with van der Waals surface area (Å²) in [6, 6.07) is 15.9. The van der Waals surface area contributed by atoms with Crippen molar-refractivity contribution in [2.75, 3.05) is 11.1 Å². The SMILES string of the molecule is O=C(CSc1ncc(-c2ccccc2)n1-c1ccc(OC(F)F)cc1)Nc1nccs1. The number of ether oxygens (including phenoxy) is 1. The number of imidazole rings is 1. The summed E-state index contributed by atoms with van der Waals surface area (Å²) in [7, 11) is 0. The Morgan fingerprint density at radius 3 is 2.58 bits per heavy atom. The molecule has 6 nitrogen and oxygen atoms in total. The number of carbonyl (C=O) groups is 1. The van der Waals surface area contributed by atoms with Gasteiger partial charge in [-0.05, 0) is 24.3 Å². The van der Waals surface area contributed by atoms with E-state index in [1.165, 1.54) is 35.2 Å². The number of thioether (sulfide) groups is 1. The average molecular weight is 459 g/mol. The van der Waals surface area contributed by atoms with Crippen LogP contribution < -0.4 is 10.1 Å². The molecule has 2 aromatic carbocycles. The maximum absolute atomic E-state index is 12.5. The first-order valence-corrected chi connectivity index (χ1v) is 11.0. The zero-order valence-corrected chi connectivity index (χ0v) is 17.6. The predicted octanol–water partition coefficient (Wildman–Crippen LogP) is 5.33. The number of hydrogen-bond donors (Lipinski definition) is 1. The first kappa shape index (κ1) is 21.0. The fourth-order valence-corrected chi connectivity index (χ4v) is 4.18. The Hall–Kier alpha value is -3.24.